The summed E-state index contributed by atoms with van der Waals surface area (Å²) in [5.74, 6) is -22.3. The molecule has 0 bridgehead atoms. The predicted molar refractivity (Wildman–Crippen MR) is 77.9 cm³/mol. The molecule has 0 unspecified atom stereocenters. The van der Waals surface area contributed by atoms with Crippen molar-refractivity contribution >= 4 is 37.2 Å². The molecule has 150 valence electrons. The van der Waals surface area contributed by atoms with E-state index in [1.165, 1.54) is 0 Å². The lowest BCUT2D eigenvalue weighted by Crippen LogP contribution is -2.19. The van der Waals surface area contributed by atoms with Gasteiger partial charge < -0.3 is 0 Å². The predicted octanol–water partition coefficient (Wildman–Crippen LogP) is 4.31. The lowest BCUT2D eigenvalue weighted by molar-refractivity contribution is -0.188. The lowest BCUT2D eigenvalue weighted by Gasteiger charge is -2.09. The van der Waals surface area contributed by atoms with Crippen LogP contribution in [0.25, 0.3) is 0 Å². The summed E-state index contributed by atoms with van der Waals surface area (Å²) in [4.78, 5) is 27.3. The third-order valence-electron chi connectivity index (χ3n) is 3.08. The molecule has 0 N–H and O–H groups in total. The third kappa shape index (κ3) is 3.48. The molecule has 4 nitrogen and oxygen atoms in total. The minimum absolute atomic E-state index is 1.43. The monoisotopic (exact) mass is 450 g/mol. The Labute approximate surface area is 159 Å². The number of carbonyl (C=O) groups excluding carboxylic acids is 2. The van der Waals surface area contributed by atoms with Crippen molar-refractivity contribution in [1.82, 2.24) is 0 Å². The maximum absolute atomic E-state index is 13.6. The van der Waals surface area contributed by atoms with E-state index in [1.54, 1.807) is 0 Å². The van der Waals surface area contributed by atoms with Gasteiger partial charge in [0.25, 0.3) is 0 Å². The van der Waals surface area contributed by atoms with Crippen LogP contribution in [-0.4, -0.2) is 11.9 Å². The first kappa shape index (κ1) is 21.8. The molecule has 0 aliphatic heterocycles. The van der Waals surface area contributed by atoms with Gasteiger partial charge >= 0.3 is 11.9 Å². The average molecular weight is 450 g/mol. The molecule has 0 fully saturated rings. The van der Waals surface area contributed by atoms with Gasteiger partial charge in [-0.1, -0.05) is 0 Å². The molecule has 2 aromatic rings. The van der Waals surface area contributed by atoms with E-state index in [9.17, 15) is 44.7 Å². The first-order valence-corrected chi connectivity index (χ1v) is 7.34. The van der Waals surface area contributed by atoms with E-state index in [0.29, 0.717) is 0 Å². The summed E-state index contributed by atoms with van der Waals surface area (Å²) in [6, 6.07) is 0. The second kappa shape index (κ2) is 7.87. The Morgan fingerprint density at radius 2 is 0.714 bits per heavy atom. The quantitative estimate of drug-likeness (QED) is 0.236. The molecule has 0 aliphatic rings. The number of rotatable bonds is 2. The standard InChI is InChI=1S/C14H2F8O4S2/c15-3-1(4(16)8(20)11(27)7(3)19)13(23)25-26-14(24)2-5(17)9(21)12(28)10(22)6(2)18/h27-28H. The van der Waals surface area contributed by atoms with Crippen LogP contribution in [0, 0.1) is 46.5 Å². The van der Waals surface area contributed by atoms with Gasteiger partial charge in [-0.05, 0) is 0 Å². The highest BCUT2D eigenvalue weighted by Gasteiger charge is 2.33. The van der Waals surface area contributed by atoms with E-state index in [2.05, 4.69) is 35.0 Å². The fraction of sp³-hybridized carbons (Fsp3) is 0. The van der Waals surface area contributed by atoms with Crippen LogP contribution < -0.4 is 0 Å². The van der Waals surface area contributed by atoms with Crippen molar-refractivity contribution in [2.24, 2.45) is 0 Å². The molecule has 2 rings (SSSR count). The molecule has 2 aromatic carbocycles. The van der Waals surface area contributed by atoms with Gasteiger partial charge in [-0.2, -0.15) is 0 Å². The normalized spacial score (nSPS) is 10.8. The summed E-state index contributed by atoms with van der Waals surface area (Å²) in [7, 11) is 0. The van der Waals surface area contributed by atoms with Crippen molar-refractivity contribution in [1.29, 1.82) is 0 Å². The zero-order chi connectivity index (χ0) is 21.5. The molecule has 0 heterocycles. The highest BCUT2D eigenvalue weighted by molar-refractivity contribution is 7.80. The van der Waals surface area contributed by atoms with E-state index in [0.717, 1.165) is 0 Å². The van der Waals surface area contributed by atoms with Crippen LogP contribution in [0.2, 0.25) is 0 Å². The number of carbonyl (C=O) groups is 2. The largest absolute Gasteiger partial charge is 0.392 e. The van der Waals surface area contributed by atoms with Gasteiger partial charge in [0.1, 0.15) is 11.1 Å². The number of thiol groups is 2. The maximum Gasteiger partial charge on any atom is 0.392 e. The summed E-state index contributed by atoms with van der Waals surface area (Å²) >= 11 is 6.24. The topological polar surface area (TPSA) is 52.6 Å². The number of benzene rings is 2. The number of hydrogen-bond donors (Lipinski definition) is 2. The second-order valence-electron chi connectivity index (χ2n) is 4.70. The molecular weight excluding hydrogens is 448 g/mol. The fourth-order valence-electron chi connectivity index (χ4n) is 1.76. The van der Waals surface area contributed by atoms with Crippen LogP contribution in [0.15, 0.2) is 9.79 Å². The zero-order valence-corrected chi connectivity index (χ0v) is 14.3. The zero-order valence-electron chi connectivity index (χ0n) is 12.6. The van der Waals surface area contributed by atoms with Crippen LogP contribution >= 0.6 is 25.3 Å². The molecule has 0 radical (unpaired) electrons. The Morgan fingerprint density at radius 1 is 0.500 bits per heavy atom. The van der Waals surface area contributed by atoms with Gasteiger partial charge in [0.2, 0.25) is 0 Å². The minimum atomic E-state index is -2.36. The van der Waals surface area contributed by atoms with Crippen LogP contribution in [0.4, 0.5) is 35.1 Å². The summed E-state index contributed by atoms with van der Waals surface area (Å²) in [6.07, 6.45) is 0. The number of halogens is 8. The number of hydrogen-bond acceptors (Lipinski definition) is 6. The van der Waals surface area contributed by atoms with Crippen LogP contribution in [0.5, 0.6) is 0 Å². The highest BCUT2D eigenvalue weighted by atomic mass is 32.1. The van der Waals surface area contributed by atoms with Crippen molar-refractivity contribution in [3.8, 4) is 0 Å². The smallest absolute Gasteiger partial charge is 0.241 e. The van der Waals surface area contributed by atoms with E-state index < -0.39 is 79.4 Å². The third-order valence-corrected chi connectivity index (χ3v) is 3.87. The van der Waals surface area contributed by atoms with E-state index in [4.69, 9.17) is 0 Å². The molecule has 28 heavy (non-hydrogen) atoms. The summed E-state index contributed by atoms with van der Waals surface area (Å²) in [5, 5.41) is 0. The Kier molecular flexibility index (Phi) is 6.13. The van der Waals surface area contributed by atoms with Gasteiger partial charge in [0.05, 0.1) is 9.79 Å². The van der Waals surface area contributed by atoms with Crippen molar-refractivity contribution in [3.63, 3.8) is 0 Å². The Bertz CT molecular complexity index is 888. The van der Waals surface area contributed by atoms with Gasteiger partial charge in [-0.3, -0.25) is 0 Å². The van der Waals surface area contributed by atoms with Crippen LogP contribution in [0.3, 0.4) is 0 Å². The molecule has 0 atom stereocenters. The maximum atomic E-state index is 13.6. The first-order valence-electron chi connectivity index (χ1n) is 6.44. The summed E-state index contributed by atoms with van der Waals surface area (Å²) in [5.41, 5.74) is -4.05. The first-order chi connectivity index (χ1) is 12.9. The van der Waals surface area contributed by atoms with Gasteiger partial charge in [-0.25, -0.2) is 54.5 Å². The molecule has 0 spiro atoms. The summed E-state index contributed by atoms with van der Waals surface area (Å²) in [6.45, 7) is 0. The Morgan fingerprint density at radius 3 is 0.929 bits per heavy atom. The molecule has 0 aliphatic carbocycles. The van der Waals surface area contributed by atoms with Crippen molar-refractivity contribution in [3.05, 3.63) is 57.7 Å². The lowest BCUT2D eigenvalue weighted by atomic mass is 10.2. The van der Waals surface area contributed by atoms with Crippen molar-refractivity contribution in [2.45, 2.75) is 9.79 Å². The van der Waals surface area contributed by atoms with Crippen molar-refractivity contribution < 1.29 is 54.5 Å². The fourth-order valence-corrected chi connectivity index (χ4v) is 2.15. The SMILES string of the molecule is O=C(OOC(=O)c1c(F)c(F)c(S)c(F)c1F)c1c(F)c(F)c(S)c(F)c1F. The molecule has 14 heteroatoms. The van der Waals surface area contributed by atoms with E-state index in [-0.39, 0.29) is 0 Å². The highest BCUT2D eigenvalue weighted by Crippen LogP contribution is 2.29. The molecule has 0 amide bonds. The van der Waals surface area contributed by atoms with Gasteiger partial charge in [-0.15, -0.1) is 25.3 Å². The molecular formula is C14H2F8O4S2. The van der Waals surface area contributed by atoms with Gasteiger partial charge in [0, 0.05) is 0 Å². The summed E-state index contributed by atoms with van der Waals surface area (Å²) < 4.78 is 108. The molecule has 0 aromatic heterocycles. The van der Waals surface area contributed by atoms with E-state index >= 15 is 0 Å². The van der Waals surface area contributed by atoms with Crippen LogP contribution in [0.1, 0.15) is 20.7 Å². The minimum Gasteiger partial charge on any atom is -0.241 e. The van der Waals surface area contributed by atoms with E-state index in [1.807, 2.05) is 0 Å². The van der Waals surface area contributed by atoms with Gasteiger partial charge in [0.15, 0.2) is 46.5 Å². The van der Waals surface area contributed by atoms with Crippen LogP contribution in [-0.2, 0) is 9.78 Å². The van der Waals surface area contributed by atoms with Crippen molar-refractivity contribution in [2.75, 3.05) is 0 Å². The molecule has 0 saturated heterocycles. The molecule has 0 saturated carbocycles. The Hall–Kier alpha value is -2.48. The Balaban J connectivity index is 2.34. The average Bonchev–Trinajstić information content (AvgIpc) is 2.66. The second-order valence-corrected chi connectivity index (χ2v) is 5.60.